The van der Waals surface area contributed by atoms with E-state index in [0.29, 0.717) is 50.5 Å². The van der Waals surface area contributed by atoms with Crippen LogP contribution in [0.15, 0.2) is 35.2 Å². The van der Waals surface area contributed by atoms with Gasteiger partial charge in [0.1, 0.15) is 0 Å². The second-order valence-electron chi connectivity index (χ2n) is 6.95. The summed E-state index contributed by atoms with van der Waals surface area (Å²) in [5.41, 5.74) is 0. The molecule has 26 heavy (non-hydrogen) atoms. The largest absolute Gasteiger partial charge is 0.381 e. The lowest BCUT2D eigenvalue weighted by atomic mass is 9.98. The van der Waals surface area contributed by atoms with E-state index in [0.717, 1.165) is 12.8 Å². The van der Waals surface area contributed by atoms with Crippen molar-refractivity contribution in [3.05, 3.63) is 30.3 Å². The highest BCUT2D eigenvalue weighted by molar-refractivity contribution is 7.89. The van der Waals surface area contributed by atoms with Gasteiger partial charge in [0.15, 0.2) is 0 Å². The summed E-state index contributed by atoms with van der Waals surface area (Å²) in [4.78, 5) is 14.9. The van der Waals surface area contributed by atoms with Gasteiger partial charge in [-0.15, -0.1) is 0 Å². The lowest BCUT2D eigenvalue weighted by Gasteiger charge is -2.43. The summed E-state index contributed by atoms with van der Waals surface area (Å²) in [5, 5.41) is 0. The Morgan fingerprint density at radius 2 is 1.65 bits per heavy atom. The van der Waals surface area contributed by atoms with Gasteiger partial charge in [-0.25, -0.2) is 8.42 Å². The zero-order valence-corrected chi connectivity index (χ0v) is 16.2. The van der Waals surface area contributed by atoms with Crippen molar-refractivity contribution in [2.24, 2.45) is 0 Å². The van der Waals surface area contributed by atoms with Crippen molar-refractivity contribution < 1.29 is 17.9 Å². The molecule has 0 radical (unpaired) electrons. The summed E-state index contributed by atoms with van der Waals surface area (Å²) in [6, 6.07) is 8.91. The van der Waals surface area contributed by atoms with E-state index >= 15 is 0 Å². The molecular weight excluding hydrogens is 352 g/mol. The number of rotatable bonds is 5. The van der Waals surface area contributed by atoms with Crippen LogP contribution in [0.4, 0.5) is 0 Å². The molecule has 144 valence electrons. The van der Waals surface area contributed by atoms with Gasteiger partial charge in [-0.3, -0.25) is 4.79 Å². The number of amides is 1. The van der Waals surface area contributed by atoms with E-state index < -0.39 is 10.0 Å². The molecule has 1 aromatic carbocycles. The number of piperidine rings is 1. The Hall–Kier alpha value is -1.44. The molecule has 3 rings (SSSR count). The molecule has 2 heterocycles. The molecule has 0 aliphatic carbocycles. The predicted molar refractivity (Wildman–Crippen MR) is 99.2 cm³/mol. The molecule has 6 nitrogen and oxygen atoms in total. The normalized spacial score (nSPS) is 20.8. The molecule has 0 N–H and O–H groups in total. The van der Waals surface area contributed by atoms with Crippen molar-refractivity contribution in [2.45, 2.75) is 56.0 Å². The highest BCUT2D eigenvalue weighted by Gasteiger charge is 2.36. The molecule has 0 spiro atoms. The molecule has 0 unspecified atom stereocenters. The summed E-state index contributed by atoms with van der Waals surface area (Å²) < 4.78 is 32.6. The minimum atomic E-state index is -3.45. The number of ether oxygens (including phenoxy) is 1. The van der Waals surface area contributed by atoms with Crippen LogP contribution in [0.2, 0.25) is 0 Å². The Labute approximate surface area is 156 Å². The van der Waals surface area contributed by atoms with Crippen LogP contribution in [0.3, 0.4) is 0 Å². The summed E-state index contributed by atoms with van der Waals surface area (Å²) in [6.45, 7) is 4.19. The summed E-state index contributed by atoms with van der Waals surface area (Å²) in [6.07, 6.45) is 3.60. The maximum atomic E-state index is 12.8. The predicted octanol–water partition coefficient (Wildman–Crippen LogP) is 2.26. The van der Waals surface area contributed by atoms with Crippen LogP contribution in [0, 0.1) is 0 Å². The molecular formula is C19H28N2O4S. The maximum Gasteiger partial charge on any atom is 0.243 e. The molecule has 2 saturated heterocycles. The van der Waals surface area contributed by atoms with Gasteiger partial charge >= 0.3 is 0 Å². The fraction of sp³-hybridized carbons (Fsp3) is 0.632. The van der Waals surface area contributed by atoms with Gasteiger partial charge in [0, 0.05) is 44.8 Å². The van der Waals surface area contributed by atoms with Crippen LogP contribution in [0.5, 0.6) is 0 Å². The molecule has 2 aliphatic heterocycles. The molecule has 2 aliphatic rings. The van der Waals surface area contributed by atoms with Crippen molar-refractivity contribution in [2.75, 3.05) is 26.3 Å². The van der Waals surface area contributed by atoms with E-state index in [-0.39, 0.29) is 18.0 Å². The Morgan fingerprint density at radius 1 is 1.08 bits per heavy atom. The first-order valence-electron chi connectivity index (χ1n) is 9.48. The van der Waals surface area contributed by atoms with Crippen molar-refractivity contribution in [3.63, 3.8) is 0 Å². The SMILES string of the molecule is CCC(=O)N(C1CCOCC1)C1CCN(S(=O)(=O)c2ccccc2)CC1. The zero-order chi connectivity index (χ0) is 18.6. The van der Waals surface area contributed by atoms with Crippen molar-refractivity contribution in [3.8, 4) is 0 Å². The fourth-order valence-corrected chi connectivity index (χ4v) is 5.44. The molecule has 1 amide bonds. The van der Waals surface area contributed by atoms with Crippen LogP contribution in [-0.2, 0) is 19.6 Å². The Bertz CT molecular complexity index is 694. The summed E-state index contributed by atoms with van der Waals surface area (Å²) >= 11 is 0. The van der Waals surface area contributed by atoms with Gasteiger partial charge in [0.05, 0.1) is 4.90 Å². The number of sulfonamides is 1. The molecule has 2 fully saturated rings. The van der Waals surface area contributed by atoms with Crippen LogP contribution < -0.4 is 0 Å². The van der Waals surface area contributed by atoms with Crippen LogP contribution in [0.25, 0.3) is 0 Å². The average molecular weight is 381 g/mol. The van der Waals surface area contributed by atoms with E-state index in [4.69, 9.17) is 4.74 Å². The maximum absolute atomic E-state index is 12.8. The molecule has 0 aromatic heterocycles. The van der Waals surface area contributed by atoms with E-state index in [1.165, 1.54) is 0 Å². The lowest BCUT2D eigenvalue weighted by Crippen LogP contribution is -2.53. The number of hydrogen-bond acceptors (Lipinski definition) is 4. The third-order valence-electron chi connectivity index (χ3n) is 5.37. The van der Waals surface area contributed by atoms with Crippen LogP contribution in [-0.4, -0.2) is 61.9 Å². The Morgan fingerprint density at radius 3 is 2.23 bits per heavy atom. The Balaban J connectivity index is 1.68. The zero-order valence-electron chi connectivity index (χ0n) is 15.3. The second-order valence-corrected chi connectivity index (χ2v) is 8.88. The number of benzene rings is 1. The van der Waals surface area contributed by atoms with Crippen LogP contribution >= 0.6 is 0 Å². The third-order valence-corrected chi connectivity index (χ3v) is 7.29. The first-order valence-corrected chi connectivity index (χ1v) is 10.9. The molecule has 7 heteroatoms. The molecule has 0 saturated carbocycles. The lowest BCUT2D eigenvalue weighted by molar-refractivity contribution is -0.139. The second kappa shape index (κ2) is 8.50. The van der Waals surface area contributed by atoms with E-state index in [9.17, 15) is 13.2 Å². The van der Waals surface area contributed by atoms with Crippen molar-refractivity contribution in [1.29, 1.82) is 0 Å². The van der Waals surface area contributed by atoms with Crippen molar-refractivity contribution in [1.82, 2.24) is 9.21 Å². The number of carbonyl (C=O) groups excluding carboxylic acids is 1. The first-order chi connectivity index (χ1) is 12.5. The van der Waals surface area contributed by atoms with E-state index in [1.807, 2.05) is 17.9 Å². The Kier molecular flexibility index (Phi) is 6.32. The van der Waals surface area contributed by atoms with E-state index in [2.05, 4.69) is 0 Å². The summed E-state index contributed by atoms with van der Waals surface area (Å²) in [5.74, 6) is 0.168. The highest BCUT2D eigenvalue weighted by Crippen LogP contribution is 2.27. The number of nitrogens with zero attached hydrogens (tertiary/aromatic N) is 2. The minimum Gasteiger partial charge on any atom is -0.381 e. The highest BCUT2D eigenvalue weighted by atomic mass is 32.2. The van der Waals surface area contributed by atoms with Gasteiger partial charge in [0.2, 0.25) is 15.9 Å². The summed E-state index contributed by atoms with van der Waals surface area (Å²) in [7, 11) is -3.45. The van der Waals surface area contributed by atoms with Crippen molar-refractivity contribution >= 4 is 15.9 Å². The monoisotopic (exact) mass is 380 g/mol. The van der Waals surface area contributed by atoms with Gasteiger partial charge in [0.25, 0.3) is 0 Å². The quantitative estimate of drug-likeness (QED) is 0.786. The topological polar surface area (TPSA) is 66.9 Å². The first kappa shape index (κ1) is 19.3. The van der Waals surface area contributed by atoms with Gasteiger partial charge in [-0.05, 0) is 37.8 Å². The smallest absolute Gasteiger partial charge is 0.243 e. The minimum absolute atomic E-state index is 0.118. The van der Waals surface area contributed by atoms with Gasteiger partial charge in [-0.2, -0.15) is 4.31 Å². The molecule has 0 bridgehead atoms. The van der Waals surface area contributed by atoms with Crippen LogP contribution in [0.1, 0.15) is 39.0 Å². The molecule has 0 atom stereocenters. The number of hydrogen-bond donors (Lipinski definition) is 0. The average Bonchev–Trinajstić information content (AvgIpc) is 2.70. The van der Waals surface area contributed by atoms with E-state index in [1.54, 1.807) is 28.6 Å². The third kappa shape index (κ3) is 4.10. The van der Waals surface area contributed by atoms with Gasteiger partial charge in [-0.1, -0.05) is 25.1 Å². The fourth-order valence-electron chi connectivity index (χ4n) is 3.95. The molecule has 1 aromatic rings. The number of carbonyl (C=O) groups is 1. The van der Waals surface area contributed by atoms with Gasteiger partial charge < -0.3 is 9.64 Å². The standard InChI is InChI=1S/C19H28N2O4S/c1-2-19(22)21(17-10-14-25-15-11-17)16-8-12-20(13-9-16)26(23,24)18-6-4-3-5-7-18/h3-7,16-17H,2,8-15H2,1H3.